The van der Waals surface area contributed by atoms with E-state index >= 15 is 0 Å². The summed E-state index contributed by atoms with van der Waals surface area (Å²) in [6.45, 7) is 3.28. The number of aromatic nitrogens is 4. The van der Waals surface area contributed by atoms with E-state index in [2.05, 4.69) is 15.0 Å². The molecular weight excluding hydrogens is 422 g/mol. The Kier molecular flexibility index (Phi) is 5.49. The predicted octanol–water partition coefficient (Wildman–Crippen LogP) is 1.31. The molecule has 1 aromatic carbocycles. The second-order valence-electron chi connectivity index (χ2n) is 8.93. The van der Waals surface area contributed by atoms with Crippen LogP contribution >= 0.6 is 0 Å². The Morgan fingerprint density at radius 1 is 1.00 bits per heavy atom. The number of methoxy groups -OCH3 is 2. The smallest absolute Gasteiger partial charge is 0.332 e. The maximum Gasteiger partial charge on any atom is 0.332 e. The minimum Gasteiger partial charge on any atom is -0.497 e. The summed E-state index contributed by atoms with van der Waals surface area (Å²) in [4.78, 5) is 32.3. The monoisotopic (exact) mass is 449 g/mol. The van der Waals surface area contributed by atoms with E-state index in [-0.39, 0.29) is 12.0 Å². The molecular formula is C24H27N5O4. The summed E-state index contributed by atoms with van der Waals surface area (Å²) in [5.41, 5.74) is 0.779. The molecule has 0 N–H and O–H groups in total. The standard InChI is InChI=1S/C24H27N5O4/c1-32-19-7-5-17(6-8-19)13-29-23(31)22(30)28-16-24(12-20(28)26-29)9-11-27(15-24)14-18-4-3-10-25-21(18)33-2/h3-8,10H,9,11-16H2,1-2H3/t24-/m0/s1. The van der Waals surface area contributed by atoms with Crippen molar-refractivity contribution in [3.63, 3.8) is 0 Å². The van der Waals surface area contributed by atoms with Gasteiger partial charge in [0.1, 0.15) is 11.6 Å². The lowest BCUT2D eigenvalue weighted by Gasteiger charge is -2.23. The fourth-order valence-corrected chi connectivity index (χ4v) is 5.02. The third-order valence-electron chi connectivity index (χ3n) is 6.68. The maximum atomic E-state index is 12.9. The first-order chi connectivity index (χ1) is 16.0. The van der Waals surface area contributed by atoms with E-state index in [1.165, 1.54) is 4.68 Å². The summed E-state index contributed by atoms with van der Waals surface area (Å²) in [5, 5.41) is 4.59. The van der Waals surface area contributed by atoms with Crippen LogP contribution in [0.1, 0.15) is 23.4 Å². The Morgan fingerprint density at radius 2 is 1.82 bits per heavy atom. The molecule has 0 unspecified atom stereocenters. The molecule has 0 saturated carbocycles. The SMILES string of the molecule is COc1ccc(Cn2nc3n(c(=O)c2=O)C[C@@]2(CCN(Cc4cccnc4OC)C2)C3)cc1. The topological polar surface area (TPSA) is 91.5 Å². The van der Waals surface area contributed by atoms with Crippen molar-refractivity contribution in [3.05, 3.63) is 80.3 Å². The highest BCUT2D eigenvalue weighted by atomic mass is 16.5. The van der Waals surface area contributed by atoms with Crippen molar-refractivity contribution < 1.29 is 9.47 Å². The van der Waals surface area contributed by atoms with Gasteiger partial charge >= 0.3 is 11.1 Å². The van der Waals surface area contributed by atoms with Gasteiger partial charge in [0.05, 0.1) is 20.8 Å². The molecule has 9 nitrogen and oxygen atoms in total. The summed E-state index contributed by atoms with van der Waals surface area (Å²) in [6, 6.07) is 11.4. The first kappa shape index (κ1) is 21.4. The van der Waals surface area contributed by atoms with Crippen molar-refractivity contribution in [1.82, 2.24) is 24.2 Å². The van der Waals surface area contributed by atoms with Crippen LogP contribution in [0.25, 0.3) is 0 Å². The Bertz CT molecular complexity index is 1280. The number of pyridine rings is 1. The summed E-state index contributed by atoms with van der Waals surface area (Å²) >= 11 is 0. The molecule has 1 fully saturated rings. The van der Waals surface area contributed by atoms with Gasteiger partial charge in [-0.15, -0.1) is 0 Å². The number of nitrogens with zero attached hydrogens (tertiary/aromatic N) is 5. The van der Waals surface area contributed by atoms with Crippen molar-refractivity contribution in [2.45, 2.75) is 32.5 Å². The Hall–Kier alpha value is -3.46. The lowest BCUT2D eigenvalue weighted by Crippen LogP contribution is -2.43. The van der Waals surface area contributed by atoms with Crippen LogP contribution in [0.2, 0.25) is 0 Å². The summed E-state index contributed by atoms with van der Waals surface area (Å²) in [6.07, 6.45) is 3.36. The summed E-state index contributed by atoms with van der Waals surface area (Å²) in [7, 11) is 3.24. The van der Waals surface area contributed by atoms with Crippen LogP contribution in [0, 0.1) is 5.41 Å². The van der Waals surface area contributed by atoms with Crippen LogP contribution in [-0.2, 0) is 26.1 Å². The highest BCUT2D eigenvalue weighted by Gasteiger charge is 2.44. The van der Waals surface area contributed by atoms with Gasteiger partial charge in [-0.2, -0.15) is 5.10 Å². The predicted molar refractivity (Wildman–Crippen MR) is 122 cm³/mol. The average Bonchev–Trinajstić information content (AvgIpc) is 3.40. The van der Waals surface area contributed by atoms with Gasteiger partial charge in [0.25, 0.3) is 0 Å². The molecule has 0 radical (unpaired) electrons. The van der Waals surface area contributed by atoms with Crippen molar-refractivity contribution in [2.75, 3.05) is 27.3 Å². The van der Waals surface area contributed by atoms with E-state index < -0.39 is 11.1 Å². The Morgan fingerprint density at radius 3 is 2.58 bits per heavy atom. The van der Waals surface area contributed by atoms with E-state index in [1.54, 1.807) is 25.0 Å². The van der Waals surface area contributed by atoms with Crippen LogP contribution in [0.3, 0.4) is 0 Å². The van der Waals surface area contributed by atoms with Crippen molar-refractivity contribution >= 4 is 0 Å². The van der Waals surface area contributed by atoms with Gasteiger partial charge in [-0.3, -0.25) is 19.1 Å². The zero-order valence-corrected chi connectivity index (χ0v) is 18.9. The van der Waals surface area contributed by atoms with Gasteiger partial charge in [-0.1, -0.05) is 18.2 Å². The van der Waals surface area contributed by atoms with Crippen molar-refractivity contribution in [2.24, 2.45) is 5.41 Å². The third-order valence-corrected chi connectivity index (χ3v) is 6.68. The molecule has 5 rings (SSSR count). The average molecular weight is 450 g/mol. The molecule has 33 heavy (non-hydrogen) atoms. The number of hydrogen-bond donors (Lipinski definition) is 0. The quantitative estimate of drug-likeness (QED) is 0.524. The van der Waals surface area contributed by atoms with Crippen LogP contribution in [0.5, 0.6) is 11.6 Å². The highest BCUT2D eigenvalue weighted by Crippen LogP contribution is 2.40. The second kappa shape index (κ2) is 8.47. The van der Waals surface area contributed by atoms with Gasteiger partial charge in [-0.05, 0) is 36.7 Å². The van der Waals surface area contributed by atoms with Gasteiger partial charge in [0.15, 0.2) is 0 Å². The van der Waals surface area contributed by atoms with E-state index in [0.717, 1.165) is 42.9 Å². The lowest BCUT2D eigenvalue weighted by atomic mass is 9.86. The number of rotatable bonds is 6. The number of likely N-dealkylation sites (tertiary alicyclic amines) is 1. The van der Waals surface area contributed by atoms with Crippen molar-refractivity contribution in [3.8, 4) is 11.6 Å². The van der Waals surface area contributed by atoms with Crippen LogP contribution < -0.4 is 20.6 Å². The number of hydrogen-bond acceptors (Lipinski definition) is 7. The van der Waals surface area contributed by atoms with Crippen LogP contribution in [0.4, 0.5) is 0 Å². The molecule has 1 saturated heterocycles. The van der Waals surface area contributed by atoms with E-state index in [4.69, 9.17) is 9.47 Å². The first-order valence-electron chi connectivity index (χ1n) is 11.0. The largest absolute Gasteiger partial charge is 0.497 e. The molecule has 3 aromatic rings. The van der Waals surface area contributed by atoms with E-state index in [1.807, 2.05) is 36.4 Å². The minimum atomic E-state index is -0.582. The van der Waals surface area contributed by atoms with Gasteiger partial charge in [0, 0.05) is 43.2 Å². The molecule has 1 atom stereocenters. The van der Waals surface area contributed by atoms with Crippen molar-refractivity contribution in [1.29, 1.82) is 0 Å². The molecule has 9 heteroatoms. The summed E-state index contributed by atoms with van der Waals surface area (Å²) < 4.78 is 13.5. The fraction of sp³-hybridized carbons (Fsp3) is 0.417. The lowest BCUT2D eigenvalue weighted by molar-refractivity contribution is 0.243. The molecule has 172 valence electrons. The second-order valence-corrected chi connectivity index (χ2v) is 8.93. The summed E-state index contributed by atoms with van der Waals surface area (Å²) in [5.74, 6) is 2.07. The Labute approximate surface area is 191 Å². The van der Waals surface area contributed by atoms with Crippen LogP contribution in [0.15, 0.2) is 52.2 Å². The maximum absolute atomic E-state index is 12.9. The van der Waals surface area contributed by atoms with Crippen LogP contribution in [-0.4, -0.2) is 51.5 Å². The Balaban J connectivity index is 1.34. The third kappa shape index (κ3) is 4.04. The number of benzene rings is 1. The molecule has 2 aromatic heterocycles. The molecule has 0 bridgehead atoms. The first-order valence-corrected chi connectivity index (χ1v) is 11.0. The van der Waals surface area contributed by atoms with E-state index in [9.17, 15) is 9.59 Å². The molecule has 2 aliphatic rings. The zero-order chi connectivity index (χ0) is 23.0. The normalized spacial score (nSPS) is 19.7. The number of fused-ring (bicyclic) bond motifs is 1. The molecule has 0 amide bonds. The van der Waals surface area contributed by atoms with E-state index in [0.29, 0.717) is 24.7 Å². The fourth-order valence-electron chi connectivity index (χ4n) is 5.02. The number of ether oxygens (including phenoxy) is 2. The van der Waals surface area contributed by atoms with Gasteiger partial charge < -0.3 is 9.47 Å². The van der Waals surface area contributed by atoms with Gasteiger partial charge in [0.2, 0.25) is 5.88 Å². The molecule has 1 spiro atoms. The highest BCUT2D eigenvalue weighted by molar-refractivity contribution is 5.27. The zero-order valence-electron chi connectivity index (χ0n) is 18.9. The molecule has 2 aliphatic heterocycles. The molecule has 0 aliphatic carbocycles. The molecule has 4 heterocycles. The minimum absolute atomic E-state index is 0.0830. The van der Waals surface area contributed by atoms with Gasteiger partial charge in [-0.25, -0.2) is 9.67 Å².